The highest BCUT2D eigenvalue weighted by Crippen LogP contribution is 2.29. The van der Waals surface area contributed by atoms with E-state index in [-0.39, 0.29) is 18.9 Å². The van der Waals surface area contributed by atoms with Gasteiger partial charge in [-0.25, -0.2) is 9.37 Å². The van der Waals surface area contributed by atoms with Crippen molar-refractivity contribution in [3.63, 3.8) is 0 Å². The molecule has 7 heteroatoms. The molecule has 1 aromatic heterocycles. The second kappa shape index (κ2) is 6.41. The van der Waals surface area contributed by atoms with Gasteiger partial charge in [0.1, 0.15) is 5.69 Å². The first-order valence-corrected chi connectivity index (χ1v) is 8.07. The van der Waals surface area contributed by atoms with Crippen molar-refractivity contribution in [3.05, 3.63) is 24.0 Å². The third-order valence-electron chi connectivity index (χ3n) is 4.78. The Hall–Kier alpha value is -1.73. The van der Waals surface area contributed by atoms with E-state index in [9.17, 15) is 14.3 Å². The van der Waals surface area contributed by atoms with E-state index in [4.69, 9.17) is 0 Å². The van der Waals surface area contributed by atoms with Crippen molar-refractivity contribution in [2.75, 3.05) is 38.1 Å². The van der Waals surface area contributed by atoms with Gasteiger partial charge in [-0.15, -0.1) is 0 Å². The van der Waals surface area contributed by atoms with Crippen LogP contribution in [0.5, 0.6) is 0 Å². The van der Waals surface area contributed by atoms with Crippen LogP contribution in [0.4, 0.5) is 10.1 Å². The molecule has 1 aromatic rings. The van der Waals surface area contributed by atoms with E-state index < -0.39 is 5.85 Å². The zero-order valence-corrected chi connectivity index (χ0v) is 13.3. The minimum atomic E-state index is -2.02. The monoisotopic (exact) mass is 322 g/mol. The molecule has 2 aliphatic rings. The Labute approximate surface area is 135 Å². The lowest BCUT2D eigenvalue weighted by atomic mass is 10.0. The maximum atomic E-state index is 13.6. The summed E-state index contributed by atoms with van der Waals surface area (Å²) in [4.78, 5) is 20.0. The summed E-state index contributed by atoms with van der Waals surface area (Å²) < 4.78 is 13.6. The Morgan fingerprint density at radius 3 is 2.65 bits per heavy atom. The van der Waals surface area contributed by atoms with Crippen LogP contribution in [0.2, 0.25) is 0 Å². The second-order valence-corrected chi connectivity index (χ2v) is 6.34. The quantitative estimate of drug-likeness (QED) is 0.860. The van der Waals surface area contributed by atoms with Gasteiger partial charge < -0.3 is 15.3 Å². The summed E-state index contributed by atoms with van der Waals surface area (Å²) in [7, 11) is 1.58. The SMILES string of the molecule is CNC(=O)c1ccc(N2CCC(N3CCC(O)(F)C3)CC2)cn1. The van der Waals surface area contributed by atoms with Gasteiger partial charge in [0.15, 0.2) is 0 Å². The van der Waals surface area contributed by atoms with Gasteiger partial charge in [0.05, 0.1) is 18.4 Å². The average molecular weight is 322 g/mol. The van der Waals surface area contributed by atoms with Crippen molar-refractivity contribution in [2.24, 2.45) is 0 Å². The largest absolute Gasteiger partial charge is 0.370 e. The maximum absolute atomic E-state index is 13.6. The lowest BCUT2D eigenvalue weighted by Gasteiger charge is -2.37. The molecule has 6 nitrogen and oxygen atoms in total. The lowest BCUT2D eigenvalue weighted by Crippen LogP contribution is -2.45. The van der Waals surface area contributed by atoms with Gasteiger partial charge in [0, 0.05) is 39.1 Å². The fourth-order valence-corrected chi connectivity index (χ4v) is 3.42. The molecule has 0 radical (unpaired) electrons. The van der Waals surface area contributed by atoms with E-state index in [0.29, 0.717) is 18.3 Å². The number of alkyl halides is 1. The third-order valence-corrected chi connectivity index (χ3v) is 4.78. The molecule has 126 valence electrons. The van der Waals surface area contributed by atoms with Crippen LogP contribution in [0, 0.1) is 0 Å². The van der Waals surface area contributed by atoms with Crippen LogP contribution in [-0.2, 0) is 0 Å². The number of aliphatic hydroxyl groups is 1. The number of carbonyl (C=O) groups is 1. The molecule has 0 aliphatic carbocycles. The fraction of sp³-hybridized carbons (Fsp3) is 0.625. The molecule has 3 heterocycles. The van der Waals surface area contributed by atoms with Gasteiger partial charge in [-0.2, -0.15) is 0 Å². The van der Waals surface area contributed by atoms with Gasteiger partial charge in [-0.05, 0) is 25.0 Å². The Morgan fingerprint density at radius 1 is 1.39 bits per heavy atom. The van der Waals surface area contributed by atoms with Gasteiger partial charge in [0.25, 0.3) is 5.91 Å². The standard InChI is InChI=1S/C16H23FN4O2/c1-18-15(22)14-3-2-13(10-19-14)20-7-4-12(5-8-20)21-9-6-16(17,23)11-21/h2-3,10,12,23H,4-9,11H2,1H3,(H,18,22). The number of hydrogen-bond acceptors (Lipinski definition) is 5. The van der Waals surface area contributed by atoms with Crippen molar-refractivity contribution in [3.8, 4) is 0 Å². The summed E-state index contributed by atoms with van der Waals surface area (Å²) in [6.45, 7) is 2.49. The summed E-state index contributed by atoms with van der Waals surface area (Å²) >= 11 is 0. The summed E-state index contributed by atoms with van der Waals surface area (Å²) in [6.07, 6.45) is 3.81. The minimum Gasteiger partial charge on any atom is -0.370 e. The Bertz CT molecular complexity index is 556. The van der Waals surface area contributed by atoms with E-state index in [1.165, 1.54) is 0 Å². The molecular formula is C16H23FN4O2. The molecule has 2 fully saturated rings. The van der Waals surface area contributed by atoms with Crippen molar-refractivity contribution in [2.45, 2.75) is 31.2 Å². The first-order valence-electron chi connectivity index (χ1n) is 8.07. The molecule has 0 bridgehead atoms. The maximum Gasteiger partial charge on any atom is 0.269 e. The number of aromatic nitrogens is 1. The highest BCUT2D eigenvalue weighted by atomic mass is 19.2. The van der Waals surface area contributed by atoms with E-state index in [2.05, 4.69) is 20.1 Å². The normalized spacial score (nSPS) is 26.5. The third kappa shape index (κ3) is 3.61. The van der Waals surface area contributed by atoms with Gasteiger partial charge >= 0.3 is 0 Å². The molecule has 2 aliphatic heterocycles. The fourth-order valence-electron chi connectivity index (χ4n) is 3.42. The predicted molar refractivity (Wildman–Crippen MR) is 85.1 cm³/mol. The van der Waals surface area contributed by atoms with Gasteiger partial charge in [-0.3, -0.25) is 9.69 Å². The van der Waals surface area contributed by atoms with Crippen LogP contribution in [0.1, 0.15) is 29.8 Å². The minimum absolute atomic E-state index is 0.125. The number of β-amino-alcohol motifs (C(OH)–C–C–N with tert-alkyl or cyclic N) is 1. The molecule has 0 spiro atoms. The number of hydrogen-bond donors (Lipinski definition) is 2. The topological polar surface area (TPSA) is 68.7 Å². The number of pyridine rings is 1. The zero-order valence-electron chi connectivity index (χ0n) is 13.3. The number of piperidine rings is 1. The van der Waals surface area contributed by atoms with Crippen molar-refractivity contribution in [1.29, 1.82) is 0 Å². The lowest BCUT2D eigenvalue weighted by molar-refractivity contribution is -0.0785. The van der Waals surface area contributed by atoms with Crippen LogP contribution in [0.15, 0.2) is 18.3 Å². The number of carbonyl (C=O) groups excluding carboxylic acids is 1. The molecular weight excluding hydrogens is 299 g/mol. The number of likely N-dealkylation sites (tertiary alicyclic amines) is 1. The number of halogens is 1. The van der Waals surface area contributed by atoms with Gasteiger partial charge in [-0.1, -0.05) is 0 Å². The number of anilines is 1. The number of rotatable bonds is 3. The second-order valence-electron chi connectivity index (χ2n) is 6.34. The molecule has 23 heavy (non-hydrogen) atoms. The van der Waals surface area contributed by atoms with Crippen LogP contribution in [0.25, 0.3) is 0 Å². The predicted octanol–water partition coefficient (Wildman–Crippen LogP) is 0.774. The Balaban J connectivity index is 1.56. The van der Waals surface area contributed by atoms with Crippen LogP contribution in [-0.4, -0.2) is 66.0 Å². The Kier molecular flexibility index (Phi) is 4.50. The van der Waals surface area contributed by atoms with E-state index in [0.717, 1.165) is 31.6 Å². The molecule has 0 saturated carbocycles. The van der Waals surface area contributed by atoms with Crippen molar-refractivity contribution < 1.29 is 14.3 Å². The van der Waals surface area contributed by atoms with Crippen molar-refractivity contribution >= 4 is 11.6 Å². The summed E-state index contributed by atoms with van der Waals surface area (Å²) in [6, 6.07) is 3.96. The molecule has 1 atom stereocenters. The van der Waals surface area contributed by atoms with Crippen LogP contribution < -0.4 is 10.2 Å². The number of amides is 1. The first kappa shape index (κ1) is 16.1. The average Bonchev–Trinajstić information content (AvgIpc) is 2.94. The first-order chi connectivity index (χ1) is 11.0. The van der Waals surface area contributed by atoms with Crippen LogP contribution in [0.3, 0.4) is 0 Å². The summed E-state index contributed by atoms with van der Waals surface area (Å²) in [5.41, 5.74) is 1.41. The number of nitrogens with zero attached hydrogens (tertiary/aromatic N) is 3. The van der Waals surface area contributed by atoms with Gasteiger partial charge in [0.2, 0.25) is 5.85 Å². The zero-order chi connectivity index (χ0) is 16.4. The van der Waals surface area contributed by atoms with Crippen LogP contribution >= 0.6 is 0 Å². The number of nitrogens with one attached hydrogen (secondary N) is 1. The summed E-state index contributed by atoms with van der Waals surface area (Å²) in [5.74, 6) is -2.21. The molecule has 2 saturated heterocycles. The van der Waals surface area contributed by atoms with Crippen molar-refractivity contribution in [1.82, 2.24) is 15.2 Å². The molecule has 3 rings (SSSR count). The highest BCUT2D eigenvalue weighted by Gasteiger charge is 2.39. The Morgan fingerprint density at radius 2 is 2.13 bits per heavy atom. The van der Waals surface area contributed by atoms with E-state index in [1.54, 1.807) is 19.3 Å². The molecule has 1 amide bonds. The van der Waals surface area contributed by atoms with E-state index in [1.807, 2.05) is 6.07 Å². The van der Waals surface area contributed by atoms with E-state index >= 15 is 0 Å². The highest BCUT2D eigenvalue weighted by molar-refractivity contribution is 5.92. The molecule has 0 aromatic carbocycles. The summed E-state index contributed by atoms with van der Waals surface area (Å²) in [5, 5.41) is 12.0. The molecule has 2 N–H and O–H groups in total. The smallest absolute Gasteiger partial charge is 0.269 e. The molecule has 1 unspecified atom stereocenters.